The molecule has 4 N–H and O–H groups in total. The SMILES string of the molecule is CCCCCCCCCCCC(=O)OC[C@H](CO[C@H]1O[C@H](CS(=O)(=O)O)[C@@H](O)[C@H](O)[C@H]1O)OC(=O)CCCCCCCCCC. The molecule has 0 aromatic rings. The van der Waals surface area contributed by atoms with Gasteiger partial charge in [-0.3, -0.25) is 14.1 Å². The van der Waals surface area contributed by atoms with Crippen molar-refractivity contribution in [2.24, 2.45) is 0 Å². The van der Waals surface area contributed by atoms with Crippen molar-refractivity contribution >= 4 is 22.1 Å². The number of carbonyl (C=O) groups is 2. The second kappa shape index (κ2) is 24.8. The summed E-state index contributed by atoms with van der Waals surface area (Å²) in [5.41, 5.74) is 0. The minimum Gasteiger partial charge on any atom is -0.462 e. The summed E-state index contributed by atoms with van der Waals surface area (Å²) >= 11 is 0. The number of hydrogen-bond acceptors (Lipinski definition) is 11. The van der Waals surface area contributed by atoms with Crippen molar-refractivity contribution in [1.82, 2.24) is 0 Å². The van der Waals surface area contributed by atoms with E-state index < -0.39 is 71.2 Å². The average molecular weight is 669 g/mol. The van der Waals surface area contributed by atoms with Crippen LogP contribution in [-0.2, 0) is 38.7 Å². The van der Waals surface area contributed by atoms with Crippen LogP contribution in [0.1, 0.15) is 136 Å². The molecular formula is C32H60O12S. The number of aliphatic hydroxyl groups is 3. The maximum Gasteiger partial charge on any atom is 0.306 e. The van der Waals surface area contributed by atoms with Crippen molar-refractivity contribution in [1.29, 1.82) is 0 Å². The van der Waals surface area contributed by atoms with Gasteiger partial charge in [0.15, 0.2) is 12.4 Å². The fourth-order valence-electron chi connectivity index (χ4n) is 5.20. The minimum atomic E-state index is -4.58. The first-order chi connectivity index (χ1) is 21.5. The normalized spacial score (nSPS) is 22.7. The Morgan fingerprint density at radius 1 is 0.667 bits per heavy atom. The lowest BCUT2D eigenvalue weighted by Gasteiger charge is -2.40. The predicted molar refractivity (Wildman–Crippen MR) is 169 cm³/mol. The van der Waals surface area contributed by atoms with Gasteiger partial charge in [0.25, 0.3) is 10.1 Å². The van der Waals surface area contributed by atoms with E-state index in [9.17, 15) is 33.3 Å². The number of ether oxygens (including phenoxy) is 4. The monoisotopic (exact) mass is 668 g/mol. The third-order valence-electron chi connectivity index (χ3n) is 7.94. The van der Waals surface area contributed by atoms with Gasteiger partial charge in [-0.15, -0.1) is 0 Å². The van der Waals surface area contributed by atoms with Crippen LogP contribution in [0.5, 0.6) is 0 Å². The van der Waals surface area contributed by atoms with E-state index in [2.05, 4.69) is 13.8 Å². The van der Waals surface area contributed by atoms with Crippen molar-refractivity contribution < 1.29 is 56.8 Å². The third-order valence-corrected chi connectivity index (χ3v) is 8.69. The van der Waals surface area contributed by atoms with Gasteiger partial charge >= 0.3 is 11.9 Å². The Kier molecular flexibility index (Phi) is 22.9. The first kappa shape index (κ1) is 41.7. The molecule has 0 aliphatic carbocycles. The summed E-state index contributed by atoms with van der Waals surface area (Å²) in [4.78, 5) is 25.0. The van der Waals surface area contributed by atoms with Gasteiger partial charge in [-0.05, 0) is 12.8 Å². The molecule has 266 valence electrons. The standard InChI is InChI=1S/C32H60O12S/c1-3-5-7-9-11-13-15-16-18-20-27(33)41-22-25(43-28(34)21-19-17-14-12-10-8-6-4-2)23-42-32-31(37)30(36)29(35)26(44-32)24-45(38,39)40/h25-26,29-32,35-37H,3-24H2,1-2H3,(H,38,39,40)/t25-,26-,29-,30+,31-,32+/m1/s1. The van der Waals surface area contributed by atoms with Gasteiger partial charge < -0.3 is 34.3 Å². The Morgan fingerprint density at radius 2 is 1.13 bits per heavy atom. The quantitative estimate of drug-likeness (QED) is 0.0542. The highest BCUT2D eigenvalue weighted by molar-refractivity contribution is 7.85. The molecule has 13 heteroatoms. The summed E-state index contributed by atoms with van der Waals surface area (Å²) in [6, 6.07) is 0. The van der Waals surface area contributed by atoms with Crippen LogP contribution >= 0.6 is 0 Å². The van der Waals surface area contributed by atoms with Crippen LogP contribution in [-0.4, -0.2) is 96.0 Å². The van der Waals surface area contributed by atoms with E-state index in [1.165, 1.54) is 57.8 Å². The van der Waals surface area contributed by atoms with E-state index in [0.29, 0.717) is 12.8 Å². The molecule has 0 unspecified atom stereocenters. The molecule has 1 saturated heterocycles. The van der Waals surface area contributed by atoms with Gasteiger partial charge in [0.1, 0.15) is 36.8 Å². The van der Waals surface area contributed by atoms with Crippen molar-refractivity contribution in [3.63, 3.8) is 0 Å². The smallest absolute Gasteiger partial charge is 0.306 e. The van der Waals surface area contributed by atoms with E-state index in [0.717, 1.165) is 38.5 Å². The molecule has 1 aliphatic heterocycles. The Labute approximate surface area is 270 Å². The summed E-state index contributed by atoms with van der Waals surface area (Å²) < 4.78 is 53.5. The molecule has 0 spiro atoms. The Morgan fingerprint density at radius 3 is 1.62 bits per heavy atom. The molecule has 0 aromatic carbocycles. The highest BCUT2D eigenvalue weighted by atomic mass is 32.2. The molecule has 45 heavy (non-hydrogen) atoms. The first-order valence-corrected chi connectivity index (χ1v) is 18.7. The van der Waals surface area contributed by atoms with Crippen molar-refractivity contribution in [3.8, 4) is 0 Å². The van der Waals surface area contributed by atoms with Crippen molar-refractivity contribution in [2.45, 2.75) is 173 Å². The van der Waals surface area contributed by atoms with Crippen LogP contribution < -0.4 is 0 Å². The molecule has 1 fully saturated rings. The molecule has 0 aromatic heterocycles. The van der Waals surface area contributed by atoms with E-state index in [1.807, 2.05) is 0 Å². The van der Waals surface area contributed by atoms with E-state index in [-0.39, 0.29) is 19.4 Å². The maximum absolute atomic E-state index is 12.6. The number of esters is 2. The Balaban J connectivity index is 2.59. The van der Waals surface area contributed by atoms with E-state index >= 15 is 0 Å². The largest absolute Gasteiger partial charge is 0.462 e. The zero-order chi connectivity index (χ0) is 33.5. The Bertz CT molecular complexity index is 883. The lowest BCUT2D eigenvalue weighted by atomic mass is 10.00. The van der Waals surface area contributed by atoms with Crippen molar-refractivity contribution in [3.05, 3.63) is 0 Å². The van der Waals surface area contributed by atoms with Gasteiger partial charge in [0.2, 0.25) is 0 Å². The predicted octanol–water partition coefficient (Wildman–Crippen LogP) is 4.61. The highest BCUT2D eigenvalue weighted by Crippen LogP contribution is 2.24. The van der Waals surface area contributed by atoms with Crippen LogP contribution in [0.2, 0.25) is 0 Å². The Hall–Kier alpha value is -1.35. The van der Waals surface area contributed by atoms with Crippen LogP contribution in [0.25, 0.3) is 0 Å². The molecule has 0 radical (unpaired) electrons. The lowest BCUT2D eigenvalue weighted by molar-refractivity contribution is -0.297. The van der Waals surface area contributed by atoms with Crippen LogP contribution in [0.15, 0.2) is 0 Å². The summed E-state index contributed by atoms with van der Waals surface area (Å²) in [6.07, 6.45) is 9.18. The number of carbonyl (C=O) groups excluding carboxylic acids is 2. The zero-order valence-corrected chi connectivity index (χ0v) is 28.3. The first-order valence-electron chi connectivity index (χ1n) is 17.1. The van der Waals surface area contributed by atoms with Crippen molar-refractivity contribution in [2.75, 3.05) is 19.0 Å². The minimum absolute atomic E-state index is 0.168. The molecule has 12 nitrogen and oxygen atoms in total. The summed E-state index contributed by atoms with van der Waals surface area (Å²) in [5, 5.41) is 30.6. The molecule has 1 heterocycles. The fraction of sp³-hybridized carbons (Fsp3) is 0.938. The average Bonchev–Trinajstić information content (AvgIpc) is 2.99. The molecule has 0 amide bonds. The highest BCUT2D eigenvalue weighted by Gasteiger charge is 2.46. The van der Waals surface area contributed by atoms with Crippen LogP contribution in [0, 0.1) is 0 Å². The van der Waals surface area contributed by atoms with Gasteiger partial charge in [-0.25, -0.2) is 0 Å². The third kappa shape index (κ3) is 20.5. The van der Waals surface area contributed by atoms with Gasteiger partial charge in [-0.1, -0.05) is 110 Å². The van der Waals surface area contributed by atoms with Gasteiger partial charge in [0.05, 0.1) is 6.61 Å². The summed E-state index contributed by atoms with van der Waals surface area (Å²) in [6.45, 7) is 3.65. The summed E-state index contributed by atoms with van der Waals surface area (Å²) in [7, 11) is -4.58. The molecule has 0 saturated carbocycles. The molecule has 6 atom stereocenters. The second-order valence-electron chi connectivity index (χ2n) is 12.2. The van der Waals surface area contributed by atoms with Crippen LogP contribution in [0.4, 0.5) is 0 Å². The number of unbranched alkanes of at least 4 members (excludes halogenated alkanes) is 15. The second-order valence-corrected chi connectivity index (χ2v) is 13.7. The molecule has 1 rings (SSSR count). The number of hydrogen-bond donors (Lipinski definition) is 4. The van der Waals surface area contributed by atoms with Crippen LogP contribution in [0.3, 0.4) is 0 Å². The lowest BCUT2D eigenvalue weighted by Crippen LogP contribution is -2.60. The molecular weight excluding hydrogens is 608 g/mol. The zero-order valence-electron chi connectivity index (χ0n) is 27.5. The summed E-state index contributed by atoms with van der Waals surface area (Å²) in [5.74, 6) is -1.98. The number of aliphatic hydroxyl groups excluding tert-OH is 3. The fourth-order valence-corrected chi connectivity index (χ4v) is 5.89. The molecule has 0 bridgehead atoms. The number of rotatable bonds is 27. The van der Waals surface area contributed by atoms with Gasteiger partial charge in [0, 0.05) is 12.8 Å². The maximum atomic E-state index is 12.6. The molecule has 1 aliphatic rings. The topological polar surface area (TPSA) is 186 Å². The van der Waals surface area contributed by atoms with E-state index in [4.69, 9.17) is 23.5 Å². The van der Waals surface area contributed by atoms with Gasteiger partial charge in [-0.2, -0.15) is 8.42 Å². The van der Waals surface area contributed by atoms with E-state index in [1.54, 1.807) is 0 Å².